The van der Waals surface area contributed by atoms with Crippen LogP contribution in [0.4, 0.5) is 13.2 Å². The van der Waals surface area contributed by atoms with Gasteiger partial charge in [-0.3, -0.25) is 4.79 Å². The number of aromatic nitrogens is 4. The molecule has 3 rings (SSSR count). The lowest BCUT2D eigenvalue weighted by Crippen LogP contribution is -2.48. The lowest BCUT2D eigenvalue weighted by Gasteiger charge is -2.35. The average molecular weight is 354 g/mol. The number of rotatable bonds is 2. The van der Waals surface area contributed by atoms with E-state index in [1.54, 1.807) is 4.90 Å². The Morgan fingerprint density at radius 3 is 2.72 bits per heavy atom. The van der Waals surface area contributed by atoms with Crippen LogP contribution in [0.1, 0.15) is 35.8 Å². The minimum Gasteiger partial charge on any atom is -0.334 e. The molecule has 0 radical (unpaired) electrons. The lowest BCUT2D eigenvalue weighted by atomic mass is 9.99. The zero-order chi connectivity index (χ0) is 18.2. The molecule has 7 nitrogen and oxygen atoms in total. The highest BCUT2D eigenvalue weighted by atomic mass is 19.4. The number of nitrogens with zero attached hydrogens (tertiary/aromatic N) is 5. The summed E-state index contributed by atoms with van der Waals surface area (Å²) in [5.74, 6) is -0.133. The predicted octanol–water partition coefficient (Wildman–Crippen LogP) is 1.63. The SMILES string of the molecule is C[C@H]1C[C@@H](N)CCN1C(=O)c1cn(-c2ccc(C(F)(F)F)cn2)nn1. The van der Waals surface area contributed by atoms with Crippen molar-refractivity contribution in [2.24, 2.45) is 5.73 Å². The molecule has 0 unspecified atom stereocenters. The maximum atomic E-state index is 12.6. The van der Waals surface area contributed by atoms with Gasteiger partial charge in [-0.1, -0.05) is 5.21 Å². The first-order valence-corrected chi connectivity index (χ1v) is 7.78. The maximum Gasteiger partial charge on any atom is 0.417 e. The van der Waals surface area contributed by atoms with Gasteiger partial charge in [0.1, 0.15) is 0 Å². The first-order chi connectivity index (χ1) is 11.8. The standard InChI is InChI=1S/C15H17F3N6O/c1-9-6-11(19)4-5-23(9)14(25)12-8-24(22-21-12)13-3-2-10(7-20-13)15(16,17)18/h2-3,7-9,11H,4-6,19H2,1H3/t9-,11-/m0/s1. The smallest absolute Gasteiger partial charge is 0.334 e. The number of amides is 1. The third-order valence-corrected chi connectivity index (χ3v) is 4.20. The topological polar surface area (TPSA) is 89.9 Å². The number of piperidine rings is 1. The van der Waals surface area contributed by atoms with Gasteiger partial charge in [0.05, 0.1) is 11.8 Å². The molecule has 134 valence electrons. The Labute approximate surface area is 141 Å². The van der Waals surface area contributed by atoms with E-state index in [-0.39, 0.29) is 29.5 Å². The third kappa shape index (κ3) is 3.63. The van der Waals surface area contributed by atoms with Crippen LogP contribution in [0.5, 0.6) is 0 Å². The van der Waals surface area contributed by atoms with Crippen LogP contribution in [0.2, 0.25) is 0 Å². The first kappa shape index (κ1) is 17.3. The van der Waals surface area contributed by atoms with E-state index in [1.807, 2.05) is 6.92 Å². The summed E-state index contributed by atoms with van der Waals surface area (Å²) in [6, 6.07) is 2.14. The first-order valence-electron chi connectivity index (χ1n) is 7.78. The highest BCUT2D eigenvalue weighted by Crippen LogP contribution is 2.28. The summed E-state index contributed by atoms with van der Waals surface area (Å²) in [4.78, 5) is 18.0. The Kier molecular flexibility index (Phi) is 4.46. The maximum absolute atomic E-state index is 12.6. The normalized spacial score (nSPS) is 21.4. The fraction of sp³-hybridized carbons (Fsp3) is 0.467. The summed E-state index contributed by atoms with van der Waals surface area (Å²) in [6.45, 7) is 2.45. The van der Waals surface area contributed by atoms with Crippen molar-refractivity contribution in [1.82, 2.24) is 24.9 Å². The van der Waals surface area contributed by atoms with E-state index in [9.17, 15) is 18.0 Å². The summed E-state index contributed by atoms with van der Waals surface area (Å²) < 4.78 is 38.9. The number of hydrogen-bond acceptors (Lipinski definition) is 5. The van der Waals surface area contributed by atoms with Crippen molar-refractivity contribution < 1.29 is 18.0 Å². The van der Waals surface area contributed by atoms with Gasteiger partial charge in [-0.05, 0) is 31.9 Å². The van der Waals surface area contributed by atoms with Crippen LogP contribution < -0.4 is 5.73 Å². The van der Waals surface area contributed by atoms with Crippen LogP contribution in [0.3, 0.4) is 0 Å². The molecular formula is C15H17F3N6O. The molecule has 0 spiro atoms. The van der Waals surface area contributed by atoms with E-state index in [0.717, 1.165) is 6.07 Å². The molecule has 1 amide bonds. The molecule has 1 saturated heterocycles. The highest BCUT2D eigenvalue weighted by molar-refractivity contribution is 5.92. The minimum absolute atomic E-state index is 0.00871. The number of hydrogen-bond donors (Lipinski definition) is 1. The van der Waals surface area contributed by atoms with Crippen molar-refractivity contribution in [1.29, 1.82) is 0 Å². The van der Waals surface area contributed by atoms with Crippen molar-refractivity contribution in [3.05, 3.63) is 35.8 Å². The molecule has 1 fully saturated rings. The predicted molar refractivity (Wildman–Crippen MR) is 81.9 cm³/mol. The van der Waals surface area contributed by atoms with Crippen LogP contribution >= 0.6 is 0 Å². The van der Waals surface area contributed by atoms with Gasteiger partial charge >= 0.3 is 6.18 Å². The summed E-state index contributed by atoms with van der Waals surface area (Å²) in [7, 11) is 0. The average Bonchev–Trinajstić information content (AvgIpc) is 3.03. The molecule has 2 atom stereocenters. The number of nitrogens with two attached hydrogens (primary N) is 1. The number of pyridine rings is 1. The van der Waals surface area contributed by atoms with Crippen LogP contribution in [0.15, 0.2) is 24.5 Å². The molecule has 2 aromatic rings. The molecule has 10 heteroatoms. The molecule has 0 saturated carbocycles. The van der Waals surface area contributed by atoms with Crippen molar-refractivity contribution in [2.75, 3.05) is 6.54 Å². The summed E-state index contributed by atoms with van der Waals surface area (Å²) in [5.41, 5.74) is 5.15. The minimum atomic E-state index is -4.46. The van der Waals surface area contributed by atoms with Gasteiger partial charge in [0.15, 0.2) is 11.5 Å². The second-order valence-corrected chi connectivity index (χ2v) is 6.08. The molecule has 25 heavy (non-hydrogen) atoms. The number of carbonyl (C=O) groups excluding carboxylic acids is 1. The van der Waals surface area contributed by atoms with Crippen LogP contribution in [-0.2, 0) is 6.18 Å². The van der Waals surface area contributed by atoms with Gasteiger partial charge in [0, 0.05) is 24.8 Å². The molecule has 3 heterocycles. The van der Waals surface area contributed by atoms with Crippen molar-refractivity contribution in [2.45, 2.75) is 38.0 Å². The Morgan fingerprint density at radius 1 is 1.36 bits per heavy atom. The molecule has 2 aromatic heterocycles. The second-order valence-electron chi connectivity index (χ2n) is 6.08. The van der Waals surface area contributed by atoms with Crippen molar-refractivity contribution in [3.8, 4) is 5.82 Å². The van der Waals surface area contributed by atoms with Crippen LogP contribution in [-0.4, -0.2) is 49.4 Å². The monoisotopic (exact) mass is 354 g/mol. The zero-order valence-electron chi connectivity index (χ0n) is 13.4. The second kappa shape index (κ2) is 6.43. The van der Waals surface area contributed by atoms with Gasteiger partial charge in [0.2, 0.25) is 0 Å². The number of halogens is 3. The Morgan fingerprint density at radius 2 is 2.12 bits per heavy atom. The third-order valence-electron chi connectivity index (χ3n) is 4.20. The summed E-state index contributed by atoms with van der Waals surface area (Å²) >= 11 is 0. The van der Waals surface area contributed by atoms with Crippen molar-refractivity contribution in [3.63, 3.8) is 0 Å². The van der Waals surface area contributed by atoms with Gasteiger partial charge in [-0.25, -0.2) is 9.67 Å². The molecule has 2 N–H and O–H groups in total. The number of likely N-dealkylation sites (tertiary alicyclic amines) is 1. The van der Waals surface area contributed by atoms with Crippen LogP contribution in [0, 0.1) is 0 Å². The Balaban J connectivity index is 1.77. The highest BCUT2D eigenvalue weighted by Gasteiger charge is 2.31. The fourth-order valence-corrected chi connectivity index (χ4v) is 2.82. The molecule has 0 aliphatic carbocycles. The van der Waals surface area contributed by atoms with E-state index in [0.29, 0.717) is 25.6 Å². The molecule has 1 aliphatic rings. The molecule has 0 aromatic carbocycles. The summed E-state index contributed by atoms with van der Waals surface area (Å²) in [6.07, 6.45) is -0.961. The zero-order valence-corrected chi connectivity index (χ0v) is 13.4. The van der Waals surface area contributed by atoms with Gasteiger partial charge in [-0.2, -0.15) is 13.2 Å². The van der Waals surface area contributed by atoms with Crippen molar-refractivity contribution >= 4 is 5.91 Å². The van der Waals surface area contributed by atoms with Gasteiger partial charge < -0.3 is 10.6 Å². The van der Waals surface area contributed by atoms with E-state index < -0.39 is 11.7 Å². The van der Waals surface area contributed by atoms with E-state index >= 15 is 0 Å². The molecule has 0 bridgehead atoms. The van der Waals surface area contributed by atoms with E-state index in [2.05, 4.69) is 15.3 Å². The van der Waals surface area contributed by atoms with E-state index in [4.69, 9.17) is 5.73 Å². The molecular weight excluding hydrogens is 337 g/mol. The number of alkyl halides is 3. The quantitative estimate of drug-likeness (QED) is 0.885. The summed E-state index contributed by atoms with van der Waals surface area (Å²) in [5, 5.41) is 7.61. The fourth-order valence-electron chi connectivity index (χ4n) is 2.82. The van der Waals surface area contributed by atoms with Gasteiger partial charge in [-0.15, -0.1) is 5.10 Å². The van der Waals surface area contributed by atoms with E-state index in [1.165, 1.54) is 16.9 Å². The largest absolute Gasteiger partial charge is 0.417 e. The van der Waals surface area contributed by atoms with Crippen LogP contribution in [0.25, 0.3) is 5.82 Å². The Hall–Kier alpha value is -2.49. The lowest BCUT2D eigenvalue weighted by molar-refractivity contribution is -0.137. The Bertz CT molecular complexity index is 757. The molecule has 1 aliphatic heterocycles. The van der Waals surface area contributed by atoms with Gasteiger partial charge in [0.25, 0.3) is 5.91 Å². The number of carbonyl (C=O) groups is 1.